The first kappa shape index (κ1) is 26.4. The van der Waals surface area contributed by atoms with E-state index in [9.17, 15) is 22.8 Å². The molecule has 0 radical (unpaired) electrons. The van der Waals surface area contributed by atoms with Crippen molar-refractivity contribution in [2.75, 3.05) is 6.26 Å². The Morgan fingerprint density at radius 3 is 2.42 bits per heavy atom. The van der Waals surface area contributed by atoms with Gasteiger partial charge in [0.1, 0.15) is 11.3 Å². The molecule has 1 heterocycles. The van der Waals surface area contributed by atoms with E-state index in [0.29, 0.717) is 12.1 Å². The molecule has 0 saturated heterocycles. The normalized spacial score (nSPS) is 14.1. The van der Waals surface area contributed by atoms with Gasteiger partial charge in [0.05, 0.1) is 5.04 Å². The van der Waals surface area contributed by atoms with Crippen molar-refractivity contribution in [1.82, 2.24) is 15.3 Å². The van der Waals surface area contributed by atoms with Crippen molar-refractivity contribution >= 4 is 28.4 Å². The van der Waals surface area contributed by atoms with Crippen LogP contribution in [-0.2, 0) is 0 Å². The number of H-pyrrole nitrogens is 1. The molecule has 6 nitrogen and oxygen atoms in total. The number of hydrogen-bond donors (Lipinski definition) is 2. The van der Waals surface area contributed by atoms with Crippen molar-refractivity contribution in [3.05, 3.63) is 57.4 Å². The van der Waals surface area contributed by atoms with E-state index in [1.807, 2.05) is 20.1 Å². The molecule has 1 aromatic rings. The molecular formula is C21H27F3N4O2S. The molecule has 1 amide bonds. The highest BCUT2D eigenvalue weighted by molar-refractivity contribution is 8.13. The van der Waals surface area contributed by atoms with Crippen LogP contribution in [0.15, 0.2) is 45.5 Å². The Morgan fingerprint density at radius 2 is 1.94 bits per heavy atom. The van der Waals surface area contributed by atoms with E-state index in [1.54, 1.807) is 13.0 Å². The first-order valence-electron chi connectivity index (χ1n) is 9.74. The Hall–Kier alpha value is -2.62. The van der Waals surface area contributed by atoms with Crippen molar-refractivity contribution in [3.63, 3.8) is 0 Å². The van der Waals surface area contributed by atoms with E-state index < -0.39 is 23.2 Å². The largest absolute Gasteiger partial charge is 0.412 e. The lowest BCUT2D eigenvalue weighted by Crippen LogP contribution is -2.30. The number of hydrogen-bond acceptors (Lipinski definition) is 5. The van der Waals surface area contributed by atoms with Crippen LogP contribution in [0.5, 0.6) is 0 Å². The summed E-state index contributed by atoms with van der Waals surface area (Å²) in [6.07, 6.45) is 3.24. The predicted octanol–water partition coefficient (Wildman–Crippen LogP) is 5.22. The number of nitrogens with one attached hydrogen (secondary N) is 2. The monoisotopic (exact) mass is 456 g/mol. The molecule has 0 fully saturated rings. The number of carbonyl (C=O) groups excluding carboxylic acids is 1. The number of aromatic amines is 1. The minimum Gasteiger partial charge on any atom is -0.326 e. The quantitative estimate of drug-likeness (QED) is 0.319. The van der Waals surface area contributed by atoms with Crippen LogP contribution in [0.25, 0.3) is 5.70 Å². The third kappa shape index (κ3) is 8.20. The second kappa shape index (κ2) is 12.3. The van der Waals surface area contributed by atoms with E-state index in [2.05, 4.69) is 20.3 Å². The lowest BCUT2D eigenvalue weighted by molar-refractivity contribution is -0.0935. The van der Waals surface area contributed by atoms with Gasteiger partial charge in [-0.15, -0.1) is 11.8 Å². The summed E-state index contributed by atoms with van der Waals surface area (Å²) in [5.41, 5.74) is -0.905. The van der Waals surface area contributed by atoms with Gasteiger partial charge in [-0.3, -0.25) is 9.59 Å². The van der Waals surface area contributed by atoms with Crippen LogP contribution in [0.3, 0.4) is 0 Å². The van der Waals surface area contributed by atoms with Crippen molar-refractivity contribution in [2.24, 2.45) is 4.99 Å². The summed E-state index contributed by atoms with van der Waals surface area (Å²) >= 11 is 1.45. The van der Waals surface area contributed by atoms with Gasteiger partial charge in [-0.1, -0.05) is 32.9 Å². The summed E-state index contributed by atoms with van der Waals surface area (Å²) in [4.78, 5) is 36.0. The van der Waals surface area contributed by atoms with Gasteiger partial charge in [-0.05, 0) is 38.5 Å². The molecule has 0 aliphatic rings. The first-order chi connectivity index (χ1) is 14.6. The molecule has 0 aliphatic heterocycles. The third-order valence-electron chi connectivity index (χ3n) is 4.14. The average molecular weight is 457 g/mol. The second-order valence-corrected chi connectivity index (χ2v) is 7.35. The molecule has 0 aromatic carbocycles. The van der Waals surface area contributed by atoms with Gasteiger partial charge in [0, 0.05) is 17.5 Å². The highest BCUT2D eigenvalue weighted by atomic mass is 32.2. The number of carbonyl (C=O) groups is 1. The van der Waals surface area contributed by atoms with Gasteiger partial charge in [0.15, 0.2) is 5.82 Å². The molecule has 170 valence electrons. The third-order valence-corrected chi connectivity index (χ3v) is 4.83. The average Bonchev–Trinajstić information content (AvgIpc) is 2.71. The zero-order chi connectivity index (χ0) is 23.6. The molecule has 10 heteroatoms. The molecule has 2 N–H and O–H groups in total. The number of thioether (sulfide) groups is 1. The van der Waals surface area contributed by atoms with E-state index in [1.165, 1.54) is 24.8 Å². The second-order valence-electron chi connectivity index (χ2n) is 6.35. The number of aliphatic imine (C=N–C) groups is 1. The van der Waals surface area contributed by atoms with Gasteiger partial charge >= 0.3 is 6.18 Å². The minimum atomic E-state index is -4.44. The number of halogens is 3. The van der Waals surface area contributed by atoms with Gasteiger partial charge in [0.2, 0.25) is 0 Å². The van der Waals surface area contributed by atoms with Crippen LogP contribution in [0.1, 0.15) is 63.1 Å². The molecule has 0 atom stereocenters. The number of nitrogens with zero attached hydrogens (tertiary/aromatic N) is 2. The number of allylic oxidation sites excluding steroid dienone is 5. The lowest BCUT2D eigenvalue weighted by atomic mass is 10.1. The molecule has 0 unspecified atom stereocenters. The Kier molecular flexibility index (Phi) is 10.5. The molecule has 0 saturated carbocycles. The summed E-state index contributed by atoms with van der Waals surface area (Å²) < 4.78 is 38.6. The highest BCUT2D eigenvalue weighted by Gasteiger charge is 2.31. The topological polar surface area (TPSA) is 87.2 Å². The number of amides is 1. The van der Waals surface area contributed by atoms with E-state index in [4.69, 9.17) is 0 Å². The molecule has 1 aromatic heterocycles. The van der Waals surface area contributed by atoms with Gasteiger partial charge in [-0.2, -0.15) is 13.2 Å². The summed E-state index contributed by atoms with van der Waals surface area (Å²) in [5.74, 6) is -0.527. The Labute approximate surface area is 183 Å². The van der Waals surface area contributed by atoms with Crippen LogP contribution in [0.2, 0.25) is 0 Å². The Morgan fingerprint density at radius 1 is 1.26 bits per heavy atom. The minimum absolute atomic E-state index is 0.192. The smallest absolute Gasteiger partial charge is 0.326 e. The molecular weight excluding hydrogens is 429 g/mol. The maximum absolute atomic E-state index is 12.9. The van der Waals surface area contributed by atoms with Crippen LogP contribution < -0.4 is 10.9 Å². The zero-order valence-electron chi connectivity index (χ0n) is 18.2. The van der Waals surface area contributed by atoms with Gasteiger partial charge in [-0.25, -0.2) is 9.98 Å². The van der Waals surface area contributed by atoms with Gasteiger partial charge in [0.25, 0.3) is 11.5 Å². The number of alkyl halides is 3. The molecule has 1 rings (SSSR count). The number of rotatable bonds is 8. The van der Waals surface area contributed by atoms with E-state index in [-0.39, 0.29) is 29.9 Å². The molecule has 31 heavy (non-hydrogen) atoms. The number of aromatic nitrogens is 2. The lowest BCUT2D eigenvalue weighted by Gasteiger charge is -2.10. The van der Waals surface area contributed by atoms with Crippen molar-refractivity contribution in [1.29, 1.82) is 0 Å². The standard InChI is InChI=1S/C21H27F3N4O2S/c1-6-9-17(26-13(4)31-5)18-25-12-16(20(30)28-18)19(29)27-15(8-3)11-10-14(7-2)21(22,23)24/h9-12H,6-8H2,1-5H3,(H,27,29)(H,25,28,30)/b14-10+,15-11+,17-9?,26-13?. The predicted molar refractivity (Wildman–Crippen MR) is 120 cm³/mol. The zero-order valence-corrected chi connectivity index (χ0v) is 19.0. The summed E-state index contributed by atoms with van der Waals surface area (Å²) in [7, 11) is 0. The summed E-state index contributed by atoms with van der Waals surface area (Å²) in [6.45, 7) is 6.82. The highest BCUT2D eigenvalue weighted by Crippen LogP contribution is 2.28. The van der Waals surface area contributed by atoms with Crippen molar-refractivity contribution < 1.29 is 18.0 Å². The molecule has 0 aliphatic carbocycles. The first-order valence-corrected chi connectivity index (χ1v) is 11.0. The fraction of sp³-hybridized carbons (Fsp3) is 0.429. The Bertz CT molecular complexity index is 960. The van der Waals surface area contributed by atoms with Gasteiger partial charge < -0.3 is 10.3 Å². The molecule has 0 spiro atoms. The maximum atomic E-state index is 12.9. The van der Waals surface area contributed by atoms with E-state index >= 15 is 0 Å². The molecule has 0 bridgehead atoms. The van der Waals surface area contributed by atoms with Crippen LogP contribution in [-0.4, -0.2) is 33.4 Å². The van der Waals surface area contributed by atoms with Crippen LogP contribution in [0, 0.1) is 0 Å². The van der Waals surface area contributed by atoms with E-state index in [0.717, 1.165) is 17.3 Å². The maximum Gasteiger partial charge on any atom is 0.412 e. The summed E-state index contributed by atoms with van der Waals surface area (Å²) in [6, 6.07) is 0. The van der Waals surface area contributed by atoms with Crippen molar-refractivity contribution in [2.45, 2.75) is 53.1 Å². The van der Waals surface area contributed by atoms with Crippen LogP contribution >= 0.6 is 11.8 Å². The van der Waals surface area contributed by atoms with Crippen molar-refractivity contribution in [3.8, 4) is 0 Å². The fourth-order valence-electron chi connectivity index (χ4n) is 2.37. The SMILES string of the molecule is CCC=C(N=C(C)SC)c1ncc(C(=O)N/C(=C/C=C(\CC)C(F)(F)F)CC)c(=O)[nH]1. The summed E-state index contributed by atoms with van der Waals surface area (Å²) in [5, 5.41) is 3.25. The Balaban J connectivity index is 3.17. The van der Waals surface area contributed by atoms with Crippen LogP contribution in [0.4, 0.5) is 13.2 Å². The fourth-order valence-corrected chi connectivity index (χ4v) is 2.56.